The number of rotatable bonds is 4. The molecule has 0 aliphatic carbocycles. The Morgan fingerprint density at radius 3 is 2.67 bits per heavy atom. The Morgan fingerprint density at radius 1 is 1.10 bits per heavy atom. The number of thiocarbonyl (C=S) groups is 1. The molecule has 1 saturated heterocycles. The van der Waals surface area contributed by atoms with Crippen LogP contribution in [0.25, 0.3) is 6.08 Å². The maximum absolute atomic E-state index is 13.1. The Morgan fingerprint density at radius 2 is 1.93 bits per heavy atom. The molecule has 2 amide bonds. The molecular formula is C22H17N3O3S2. The molecule has 1 aromatic carbocycles. The summed E-state index contributed by atoms with van der Waals surface area (Å²) in [5.41, 5.74) is 2.67. The second-order valence-corrected chi connectivity index (χ2v) is 8.06. The number of aryl methyl sites for hydroxylation is 2. The molecular weight excluding hydrogens is 418 g/mol. The molecule has 2 aromatic heterocycles. The molecule has 0 unspecified atom stereocenters. The standard InChI is InChI=1S/C22H17N3O3S2/c1-13-6-7-15(11-14(13)2)25-21(27)17(20(26)24-22(25)29)12-16-8-9-19(28-16)30-18-5-3-4-10-23-18/h3-12H,1-2H3,(H,24,26,29)/b17-12+. The van der Waals surface area contributed by atoms with Crippen LogP contribution in [0.3, 0.4) is 0 Å². The lowest BCUT2D eigenvalue weighted by molar-refractivity contribution is -0.122. The van der Waals surface area contributed by atoms with E-state index in [0.29, 0.717) is 16.5 Å². The molecule has 0 atom stereocenters. The number of carbonyl (C=O) groups is 2. The smallest absolute Gasteiger partial charge is 0.270 e. The average Bonchev–Trinajstić information content (AvgIpc) is 3.15. The minimum Gasteiger partial charge on any atom is -0.450 e. The maximum Gasteiger partial charge on any atom is 0.270 e. The van der Waals surface area contributed by atoms with Crippen LogP contribution in [-0.2, 0) is 9.59 Å². The Bertz CT molecular complexity index is 1190. The fourth-order valence-corrected chi connectivity index (χ4v) is 3.90. The number of anilines is 1. The van der Waals surface area contributed by atoms with E-state index < -0.39 is 11.8 Å². The Hall–Kier alpha value is -3.23. The monoisotopic (exact) mass is 435 g/mol. The predicted octanol–water partition coefficient (Wildman–Crippen LogP) is 4.27. The normalized spacial score (nSPS) is 15.6. The van der Waals surface area contributed by atoms with Crippen LogP contribution in [0.5, 0.6) is 0 Å². The van der Waals surface area contributed by atoms with Gasteiger partial charge in [0.1, 0.15) is 16.4 Å². The fraction of sp³-hybridized carbons (Fsp3) is 0.0909. The molecule has 3 aromatic rings. The molecule has 8 heteroatoms. The first-order chi connectivity index (χ1) is 14.4. The van der Waals surface area contributed by atoms with Crippen molar-refractivity contribution >= 4 is 52.7 Å². The number of benzene rings is 1. The lowest BCUT2D eigenvalue weighted by Gasteiger charge is -2.29. The molecule has 3 heterocycles. The summed E-state index contributed by atoms with van der Waals surface area (Å²) < 4.78 is 5.75. The highest BCUT2D eigenvalue weighted by molar-refractivity contribution is 7.99. The maximum atomic E-state index is 13.1. The van der Waals surface area contributed by atoms with E-state index in [-0.39, 0.29) is 10.7 Å². The van der Waals surface area contributed by atoms with Gasteiger partial charge in [-0.3, -0.25) is 19.8 Å². The molecule has 1 aliphatic heterocycles. The summed E-state index contributed by atoms with van der Waals surface area (Å²) in [6, 6.07) is 14.6. The van der Waals surface area contributed by atoms with Crippen molar-refractivity contribution in [3.63, 3.8) is 0 Å². The van der Waals surface area contributed by atoms with E-state index in [1.807, 2.05) is 44.2 Å². The minimum atomic E-state index is -0.555. The van der Waals surface area contributed by atoms with E-state index in [2.05, 4.69) is 10.3 Å². The molecule has 6 nitrogen and oxygen atoms in total. The van der Waals surface area contributed by atoms with Gasteiger partial charge < -0.3 is 4.42 Å². The third kappa shape index (κ3) is 4.05. The second-order valence-electron chi connectivity index (χ2n) is 6.65. The molecule has 1 fully saturated rings. The van der Waals surface area contributed by atoms with Crippen molar-refractivity contribution in [1.82, 2.24) is 10.3 Å². The molecule has 150 valence electrons. The topological polar surface area (TPSA) is 75.4 Å². The van der Waals surface area contributed by atoms with E-state index in [4.69, 9.17) is 16.6 Å². The summed E-state index contributed by atoms with van der Waals surface area (Å²) in [5.74, 6) is -0.664. The number of carbonyl (C=O) groups excluding carboxylic acids is 2. The van der Waals surface area contributed by atoms with Crippen LogP contribution in [0, 0.1) is 13.8 Å². The van der Waals surface area contributed by atoms with Gasteiger partial charge in [0.05, 0.1) is 5.69 Å². The van der Waals surface area contributed by atoms with Gasteiger partial charge in [0.25, 0.3) is 11.8 Å². The SMILES string of the molecule is Cc1ccc(N2C(=O)/C(=C/c3ccc(Sc4ccccn4)o3)C(=O)NC2=S)cc1C. The van der Waals surface area contributed by atoms with Crippen molar-refractivity contribution in [3.8, 4) is 0 Å². The highest BCUT2D eigenvalue weighted by Crippen LogP contribution is 2.29. The van der Waals surface area contributed by atoms with Gasteiger partial charge >= 0.3 is 0 Å². The van der Waals surface area contributed by atoms with Gasteiger partial charge in [-0.05, 0) is 91.4 Å². The molecule has 0 spiro atoms. The van der Waals surface area contributed by atoms with E-state index >= 15 is 0 Å². The van der Waals surface area contributed by atoms with Gasteiger partial charge in [0, 0.05) is 6.20 Å². The first kappa shape index (κ1) is 20.1. The first-order valence-corrected chi connectivity index (χ1v) is 10.3. The number of pyridine rings is 1. The Labute approximate surface area is 183 Å². The van der Waals surface area contributed by atoms with Crippen molar-refractivity contribution in [2.75, 3.05) is 4.90 Å². The van der Waals surface area contributed by atoms with Crippen LogP contribution in [0.15, 0.2) is 74.8 Å². The number of nitrogens with one attached hydrogen (secondary N) is 1. The third-order valence-corrected chi connectivity index (χ3v) is 5.74. The van der Waals surface area contributed by atoms with E-state index in [0.717, 1.165) is 16.2 Å². The van der Waals surface area contributed by atoms with E-state index in [9.17, 15) is 9.59 Å². The summed E-state index contributed by atoms with van der Waals surface area (Å²) in [7, 11) is 0. The summed E-state index contributed by atoms with van der Waals surface area (Å²) in [6.45, 7) is 3.94. The molecule has 4 rings (SSSR count). The van der Waals surface area contributed by atoms with Crippen LogP contribution in [0.1, 0.15) is 16.9 Å². The summed E-state index contributed by atoms with van der Waals surface area (Å²) >= 11 is 6.60. The quantitative estimate of drug-likeness (QED) is 0.375. The molecule has 0 radical (unpaired) electrons. The van der Waals surface area contributed by atoms with Crippen molar-refractivity contribution in [2.45, 2.75) is 24.0 Å². The number of aromatic nitrogens is 1. The van der Waals surface area contributed by atoms with Crippen LogP contribution in [0.2, 0.25) is 0 Å². The molecule has 1 aliphatic rings. The summed E-state index contributed by atoms with van der Waals surface area (Å²) in [4.78, 5) is 31.1. The largest absolute Gasteiger partial charge is 0.450 e. The molecule has 30 heavy (non-hydrogen) atoms. The average molecular weight is 436 g/mol. The van der Waals surface area contributed by atoms with Gasteiger partial charge in [0.2, 0.25) is 0 Å². The van der Waals surface area contributed by atoms with Crippen LogP contribution >= 0.6 is 24.0 Å². The Kier molecular flexibility index (Phi) is 5.52. The number of nitrogens with zero attached hydrogens (tertiary/aromatic N) is 2. The van der Waals surface area contributed by atoms with E-state index in [1.54, 1.807) is 24.4 Å². The van der Waals surface area contributed by atoms with Crippen LogP contribution in [0.4, 0.5) is 5.69 Å². The third-order valence-electron chi connectivity index (χ3n) is 4.58. The van der Waals surface area contributed by atoms with Crippen molar-refractivity contribution < 1.29 is 14.0 Å². The number of furan rings is 1. The zero-order valence-corrected chi connectivity index (χ0v) is 17.8. The number of amides is 2. The Balaban J connectivity index is 1.62. The zero-order chi connectivity index (χ0) is 21.3. The van der Waals surface area contributed by atoms with E-state index in [1.165, 1.54) is 22.7 Å². The van der Waals surface area contributed by atoms with Crippen molar-refractivity contribution in [1.29, 1.82) is 0 Å². The fourth-order valence-electron chi connectivity index (χ4n) is 2.88. The highest BCUT2D eigenvalue weighted by atomic mass is 32.2. The van der Waals surface area contributed by atoms with Crippen LogP contribution in [-0.4, -0.2) is 21.9 Å². The highest BCUT2D eigenvalue weighted by Gasteiger charge is 2.34. The zero-order valence-electron chi connectivity index (χ0n) is 16.2. The van der Waals surface area contributed by atoms with Crippen LogP contribution < -0.4 is 10.2 Å². The van der Waals surface area contributed by atoms with Gasteiger partial charge in [-0.25, -0.2) is 4.98 Å². The van der Waals surface area contributed by atoms with Crippen molar-refractivity contribution in [2.24, 2.45) is 0 Å². The summed E-state index contributed by atoms with van der Waals surface area (Å²) in [6.07, 6.45) is 3.12. The molecule has 1 N–H and O–H groups in total. The summed E-state index contributed by atoms with van der Waals surface area (Å²) in [5, 5.41) is 4.02. The molecule has 0 saturated carbocycles. The first-order valence-electron chi connectivity index (χ1n) is 9.10. The minimum absolute atomic E-state index is 0.0504. The van der Waals surface area contributed by atoms with Gasteiger partial charge in [0.15, 0.2) is 10.2 Å². The molecule has 0 bridgehead atoms. The number of hydrogen-bond donors (Lipinski definition) is 1. The lowest BCUT2D eigenvalue weighted by Crippen LogP contribution is -2.54. The van der Waals surface area contributed by atoms with Gasteiger partial charge in [-0.15, -0.1) is 0 Å². The number of hydrogen-bond acceptors (Lipinski definition) is 6. The second kappa shape index (κ2) is 8.25. The predicted molar refractivity (Wildman–Crippen MR) is 119 cm³/mol. The lowest BCUT2D eigenvalue weighted by atomic mass is 10.1. The van der Waals surface area contributed by atoms with Gasteiger partial charge in [-0.2, -0.15) is 0 Å². The van der Waals surface area contributed by atoms with Crippen molar-refractivity contribution in [3.05, 3.63) is 77.2 Å². The van der Waals surface area contributed by atoms with Gasteiger partial charge in [-0.1, -0.05) is 12.1 Å².